The molecule has 1 N–H and O–H groups in total. The van der Waals surface area contributed by atoms with Crippen molar-refractivity contribution in [2.45, 2.75) is 38.0 Å². The van der Waals surface area contributed by atoms with Gasteiger partial charge in [0.2, 0.25) is 0 Å². The normalized spacial score (nSPS) is 17.5. The Morgan fingerprint density at radius 1 is 1.44 bits per heavy atom. The van der Waals surface area contributed by atoms with Crippen LogP contribution in [0.2, 0.25) is 0 Å². The molecule has 1 aliphatic carbocycles. The third-order valence-corrected chi connectivity index (χ3v) is 3.40. The second-order valence-electron chi connectivity index (χ2n) is 4.72. The maximum Gasteiger partial charge on any atom is 0.129 e. The predicted octanol–water partition coefficient (Wildman–Crippen LogP) is 3.03. The van der Waals surface area contributed by atoms with E-state index in [1.165, 1.54) is 12.8 Å². The van der Waals surface area contributed by atoms with Crippen LogP contribution in [-0.4, -0.2) is 21.9 Å². The Kier molecular flexibility index (Phi) is 3.64. The third kappa shape index (κ3) is 3.08. The molecule has 1 unspecified atom stereocenters. The fourth-order valence-electron chi connectivity index (χ4n) is 1.61. The number of nitrogens with one attached hydrogen (secondary N) is 1. The highest BCUT2D eigenvalue weighted by molar-refractivity contribution is 6.21. The van der Waals surface area contributed by atoms with Gasteiger partial charge in [-0.05, 0) is 24.7 Å². The average molecular weight is 240 g/mol. The first-order valence-corrected chi connectivity index (χ1v) is 6.30. The van der Waals surface area contributed by atoms with Crippen molar-refractivity contribution in [3.8, 4) is 0 Å². The summed E-state index contributed by atoms with van der Waals surface area (Å²) < 4.78 is 0. The van der Waals surface area contributed by atoms with Gasteiger partial charge in [0, 0.05) is 18.3 Å². The number of hydrogen-bond donors (Lipinski definition) is 1. The van der Waals surface area contributed by atoms with Gasteiger partial charge in [-0.1, -0.05) is 13.8 Å². The summed E-state index contributed by atoms with van der Waals surface area (Å²) in [5.74, 6) is 2.02. The van der Waals surface area contributed by atoms with Crippen LogP contribution in [0.1, 0.15) is 38.3 Å². The van der Waals surface area contributed by atoms with Crippen molar-refractivity contribution in [3.05, 3.63) is 18.1 Å². The van der Waals surface area contributed by atoms with Crippen LogP contribution < -0.4 is 5.32 Å². The van der Waals surface area contributed by atoms with Crippen LogP contribution in [0.15, 0.2) is 12.4 Å². The number of hydrogen-bond acceptors (Lipinski definition) is 3. The van der Waals surface area contributed by atoms with E-state index >= 15 is 0 Å². The van der Waals surface area contributed by atoms with E-state index in [4.69, 9.17) is 11.6 Å². The van der Waals surface area contributed by atoms with E-state index in [1.54, 1.807) is 6.33 Å². The minimum absolute atomic E-state index is 0.234. The maximum absolute atomic E-state index is 6.22. The molecule has 1 fully saturated rings. The minimum Gasteiger partial charge on any atom is -0.368 e. The molecule has 0 aliphatic heterocycles. The lowest BCUT2D eigenvalue weighted by atomic mass is 10.1. The lowest BCUT2D eigenvalue weighted by Crippen LogP contribution is -2.17. The third-order valence-electron chi connectivity index (χ3n) is 2.89. The van der Waals surface area contributed by atoms with Gasteiger partial charge in [-0.15, -0.1) is 11.6 Å². The zero-order chi connectivity index (χ0) is 11.5. The highest BCUT2D eigenvalue weighted by Gasteiger charge is 2.29. The van der Waals surface area contributed by atoms with E-state index in [9.17, 15) is 0 Å². The standard InChI is InChI=1S/C12H18ClN3/c1-8(2)11-5-12(16-7-15-11)14-6-10(13)9-3-4-9/h5,7-10H,3-4,6H2,1-2H3,(H,14,15,16). The van der Waals surface area contributed by atoms with Crippen molar-refractivity contribution in [3.63, 3.8) is 0 Å². The molecule has 1 aromatic heterocycles. The van der Waals surface area contributed by atoms with Crippen molar-refractivity contribution >= 4 is 17.4 Å². The van der Waals surface area contributed by atoms with Gasteiger partial charge in [-0.3, -0.25) is 0 Å². The number of rotatable bonds is 5. The Labute approximate surface area is 102 Å². The van der Waals surface area contributed by atoms with Crippen molar-refractivity contribution in [1.82, 2.24) is 9.97 Å². The van der Waals surface area contributed by atoms with E-state index in [2.05, 4.69) is 29.1 Å². The topological polar surface area (TPSA) is 37.8 Å². The zero-order valence-electron chi connectivity index (χ0n) is 9.78. The quantitative estimate of drug-likeness (QED) is 0.803. The van der Waals surface area contributed by atoms with Gasteiger partial charge < -0.3 is 5.32 Å². The first-order chi connectivity index (χ1) is 7.66. The van der Waals surface area contributed by atoms with Gasteiger partial charge in [0.15, 0.2) is 0 Å². The second-order valence-corrected chi connectivity index (χ2v) is 5.28. The first kappa shape index (κ1) is 11.6. The Hall–Kier alpha value is -0.830. The molecule has 0 spiro atoms. The average Bonchev–Trinajstić information content (AvgIpc) is 3.10. The van der Waals surface area contributed by atoms with Crippen molar-refractivity contribution in [2.24, 2.45) is 5.92 Å². The van der Waals surface area contributed by atoms with Crippen molar-refractivity contribution in [1.29, 1.82) is 0 Å². The molecule has 2 rings (SSSR count). The van der Waals surface area contributed by atoms with E-state index in [0.29, 0.717) is 11.8 Å². The van der Waals surface area contributed by atoms with Crippen LogP contribution in [0, 0.1) is 5.92 Å². The fraction of sp³-hybridized carbons (Fsp3) is 0.667. The highest BCUT2D eigenvalue weighted by Crippen LogP contribution is 2.35. The molecule has 0 amide bonds. The molecule has 4 heteroatoms. The summed E-state index contributed by atoms with van der Waals surface area (Å²) in [5, 5.41) is 3.51. The highest BCUT2D eigenvalue weighted by atomic mass is 35.5. The van der Waals surface area contributed by atoms with Gasteiger partial charge in [0.05, 0.1) is 5.38 Å². The van der Waals surface area contributed by atoms with Crippen molar-refractivity contribution < 1.29 is 0 Å². The lowest BCUT2D eigenvalue weighted by Gasteiger charge is -2.11. The van der Waals surface area contributed by atoms with Crippen LogP contribution >= 0.6 is 11.6 Å². The fourth-order valence-corrected chi connectivity index (χ4v) is 1.94. The van der Waals surface area contributed by atoms with Crippen molar-refractivity contribution in [2.75, 3.05) is 11.9 Å². The SMILES string of the molecule is CC(C)c1cc(NCC(Cl)C2CC2)ncn1. The summed E-state index contributed by atoms with van der Waals surface area (Å²) in [6, 6.07) is 2.00. The largest absolute Gasteiger partial charge is 0.368 e. The molecular weight excluding hydrogens is 222 g/mol. The van der Waals surface area contributed by atoms with E-state index < -0.39 is 0 Å². The van der Waals surface area contributed by atoms with Crippen LogP contribution in [0.25, 0.3) is 0 Å². The molecule has 0 bridgehead atoms. The summed E-state index contributed by atoms with van der Waals surface area (Å²) >= 11 is 6.22. The summed E-state index contributed by atoms with van der Waals surface area (Å²) in [6.07, 6.45) is 4.16. The van der Waals surface area contributed by atoms with E-state index in [-0.39, 0.29) is 5.38 Å². The monoisotopic (exact) mass is 239 g/mol. The zero-order valence-corrected chi connectivity index (χ0v) is 10.5. The Morgan fingerprint density at radius 3 is 2.81 bits per heavy atom. The number of alkyl halides is 1. The molecule has 1 saturated carbocycles. The smallest absolute Gasteiger partial charge is 0.129 e. The molecular formula is C12H18ClN3. The van der Waals surface area contributed by atoms with E-state index in [1.807, 2.05) is 6.07 Å². The van der Waals surface area contributed by atoms with Gasteiger partial charge >= 0.3 is 0 Å². The molecule has 1 aliphatic rings. The molecule has 0 saturated heterocycles. The van der Waals surface area contributed by atoms with Gasteiger partial charge in [-0.25, -0.2) is 9.97 Å². The second kappa shape index (κ2) is 5.00. The first-order valence-electron chi connectivity index (χ1n) is 5.86. The maximum atomic E-state index is 6.22. The van der Waals surface area contributed by atoms with Crippen LogP contribution in [-0.2, 0) is 0 Å². The molecule has 1 atom stereocenters. The molecule has 16 heavy (non-hydrogen) atoms. The molecule has 3 nitrogen and oxygen atoms in total. The van der Waals surface area contributed by atoms with Crippen LogP contribution in [0.3, 0.4) is 0 Å². The summed E-state index contributed by atoms with van der Waals surface area (Å²) in [5.41, 5.74) is 1.06. The molecule has 1 heterocycles. The molecule has 0 radical (unpaired) electrons. The summed E-state index contributed by atoms with van der Waals surface area (Å²) in [6.45, 7) is 5.04. The Morgan fingerprint density at radius 2 is 2.19 bits per heavy atom. The Balaban J connectivity index is 1.90. The Bertz CT molecular complexity index is 350. The molecule has 88 valence electrons. The number of aromatic nitrogens is 2. The van der Waals surface area contributed by atoms with Crippen LogP contribution in [0.5, 0.6) is 0 Å². The minimum atomic E-state index is 0.234. The number of anilines is 1. The van der Waals surface area contributed by atoms with E-state index in [0.717, 1.165) is 18.1 Å². The van der Waals surface area contributed by atoms with Gasteiger partial charge in [-0.2, -0.15) is 0 Å². The van der Waals surface area contributed by atoms with Gasteiger partial charge in [0.1, 0.15) is 12.1 Å². The van der Waals surface area contributed by atoms with Crippen LogP contribution in [0.4, 0.5) is 5.82 Å². The predicted molar refractivity (Wildman–Crippen MR) is 67.0 cm³/mol. The van der Waals surface area contributed by atoms with Gasteiger partial charge in [0.25, 0.3) is 0 Å². The molecule has 1 aromatic rings. The summed E-state index contributed by atoms with van der Waals surface area (Å²) in [7, 11) is 0. The lowest BCUT2D eigenvalue weighted by molar-refractivity contribution is 0.765. The number of nitrogens with zero attached hydrogens (tertiary/aromatic N) is 2. The number of halogens is 1. The summed E-state index contributed by atoms with van der Waals surface area (Å²) in [4.78, 5) is 8.42. The molecule has 0 aromatic carbocycles.